The van der Waals surface area contributed by atoms with E-state index in [-0.39, 0.29) is 29.3 Å². The van der Waals surface area contributed by atoms with Gasteiger partial charge in [0.1, 0.15) is 0 Å². The minimum absolute atomic E-state index is 0.0942. The van der Waals surface area contributed by atoms with Crippen LogP contribution in [0.15, 0.2) is 22.7 Å². The number of phenolic OH excluding ortho intramolecular Hbond substituents is 2. The first-order valence-electron chi connectivity index (χ1n) is 6.49. The molecule has 8 nitrogen and oxygen atoms in total. The molecule has 3 rings (SSSR count). The Kier molecular flexibility index (Phi) is 3.44. The van der Waals surface area contributed by atoms with Gasteiger partial charge in [-0.25, -0.2) is 0 Å². The number of rotatable bonds is 3. The van der Waals surface area contributed by atoms with E-state index in [4.69, 9.17) is 4.52 Å². The van der Waals surface area contributed by atoms with Gasteiger partial charge in [-0.05, 0) is 18.2 Å². The number of nitrogens with zero attached hydrogens (tertiary/aromatic N) is 2. The maximum atomic E-state index is 11.6. The summed E-state index contributed by atoms with van der Waals surface area (Å²) >= 11 is 0. The SMILES string of the molecule is O=C1NCCNC1Cc1nc(-c2ccc(O)c(O)c2)no1. The standard InChI is InChI=1S/C13H14N4O4/c18-9-2-1-7(5-10(9)19)12-16-11(21-17-12)6-8-13(20)15-4-3-14-8/h1-2,5,8,14,18-19H,3-4,6H2,(H,15,20). The minimum Gasteiger partial charge on any atom is -0.504 e. The van der Waals surface area contributed by atoms with Crippen molar-refractivity contribution in [3.63, 3.8) is 0 Å². The number of phenols is 2. The van der Waals surface area contributed by atoms with Crippen molar-refractivity contribution < 1.29 is 19.5 Å². The summed E-state index contributed by atoms with van der Waals surface area (Å²) < 4.78 is 5.12. The smallest absolute Gasteiger partial charge is 0.237 e. The third-order valence-corrected chi connectivity index (χ3v) is 3.21. The molecule has 4 N–H and O–H groups in total. The minimum atomic E-state index is -0.389. The van der Waals surface area contributed by atoms with Gasteiger partial charge in [0.25, 0.3) is 0 Å². The molecule has 2 heterocycles. The third kappa shape index (κ3) is 2.79. The van der Waals surface area contributed by atoms with Crippen LogP contribution in [-0.4, -0.2) is 45.4 Å². The van der Waals surface area contributed by atoms with Gasteiger partial charge >= 0.3 is 0 Å². The Balaban J connectivity index is 1.76. The Morgan fingerprint density at radius 1 is 1.29 bits per heavy atom. The Bertz CT molecular complexity index is 670. The van der Waals surface area contributed by atoms with Crippen molar-refractivity contribution in [3.05, 3.63) is 24.1 Å². The summed E-state index contributed by atoms with van der Waals surface area (Å²) in [5.41, 5.74) is 0.515. The monoisotopic (exact) mass is 290 g/mol. The molecule has 0 saturated carbocycles. The van der Waals surface area contributed by atoms with Gasteiger partial charge in [-0.15, -0.1) is 0 Å². The van der Waals surface area contributed by atoms with Gasteiger partial charge in [0.05, 0.1) is 12.5 Å². The topological polar surface area (TPSA) is 121 Å². The predicted molar refractivity (Wildman–Crippen MR) is 71.6 cm³/mol. The quantitative estimate of drug-likeness (QED) is 0.577. The van der Waals surface area contributed by atoms with Gasteiger partial charge in [-0.2, -0.15) is 4.98 Å². The number of carbonyl (C=O) groups is 1. The van der Waals surface area contributed by atoms with E-state index in [1.165, 1.54) is 12.1 Å². The van der Waals surface area contributed by atoms with Gasteiger partial charge in [-0.1, -0.05) is 5.16 Å². The number of hydrogen-bond donors (Lipinski definition) is 4. The number of hydrogen-bond acceptors (Lipinski definition) is 7. The maximum absolute atomic E-state index is 11.6. The molecule has 1 aromatic heterocycles. The van der Waals surface area contributed by atoms with E-state index in [0.717, 1.165) is 0 Å². The fraction of sp³-hybridized carbons (Fsp3) is 0.308. The molecule has 21 heavy (non-hydrogen) atoms. The lowest BCUT2D eigenvalue weighted by molar-refractivity contribution is -0.124. The average molecular weight is 290 g/mol. The molecule has 8 heteroatoms. The molecule has 1 fully saturated rings. The van der Waals surface area contributed by atoms with Crippen molar-refractivity contribution in [3.8, 4) is 22.9 Å². The number of aromatic hydroxyl groups is 2. The number of amides is 1. The van der Waals surface area contributed by atoms with Crippen LogP contribution < -0.4 is 10.6 Å². The van der Waals surface area contributed by atoms with Crippen LogP contribution in [0, 0.1) is 0 Å². The van der Waals surface area contributed by atoms with Gasteiger partial charge in [0.2, 0.25) is 17.6 Å². The zero-order valence-corrected chi connectivity index (χ0v) is 11.0. The zero-order valence-electron chi connectivity index (χ0n) is 11.0. The second-order valence-electron chi connectivity index (χ2n) is 4.72. The maximum Gasteiger partial charge on any atom is 0.237 e. The van der Waals surface area contributed by atoms with Crippen LogP contribution in [0.3, 0.4) is 0 Å². The first-order chi connectivity index (χ1) is 10.1. The van der Waals surface area contributed by atoms with E-state index in [9.17, 15) is 15.0 Å². The van der Waals surface area contributed by atoms with Crippen LogP contribution in [0.1, 0.15) is 5.89 Å². The molecule has 0 aliphatic carbocycles. The lowest BCUT2D eigenvalue weighted by Gasteiger charge is -2.21. The Hall–Kier alpha value is -2.61. The molecular weight excluding hydrogens is 276 g/mol. The molecule has 0 radical (unpaired) electrons. The summed E-state index contributed by atoms with van der Waals surface area (Å²) in [6.45, 7) is 1.31. The summed E-state index contributed by atoms with van der Waals surface area (Å²) in [7, 11) is 0. The molecular formula is C13H14N4O4. The van der Waals surface area contributed by atoms with Gasteiger partial charge < -0.3 is 25.4 Å². The fourth-order valence-corrected chi connectivity index (χ4v) is 2.11. The summed E-state index contributed by atoms with van der Waals surface area (Å²) in [4.78, 5) is 15.8. The molecule has 0 bridgehead atoms. The summed E-state index contributed by atoms with van der Waals surface area (Å²) in [5.74, 6) is 0.0460. The highest BCUT2D eigenvalue weighted by Gasteiger charge is 2.24. The van der Waals surface area contributed by atoms with E-state index >= 15 is 0 Å². The van der Waals surface area contributed by atoms with Crippen molar-refractivity contribution in [2.45, 2.75) is 12.5 Å². The summed E-state index contributed by atoms with van der Waals surface area (Å²) in [6.07, 6.45) is 0.295. The van der Waals surface area contributed by atoms with Gasteiger partial charge in [0.15, 0.2) is 11.5 Å². The van der Waals surface area contributed by atoms with Crippen LogP contribution in [0.2, 0.25) is 0 Å². The van der Waals surface area contributed by atoms with Gasteiger partial charge in [0, 0.05) is 18.7 Å². The molecule has 110 valence electrons. The van der Waals surface area contributed by atoms with Crippen molar-refractivity contribution in [2.24, 2.45) is 0 Å². The van der Waals surface area contributed by atoms with Crippen molar-refractivity contribution in [1.82, 2.24) is 20.8 Å². The largest absolute Gasteiger partial charge is 0.504 e. The van der Waals surface area contributed by atoms with Crippen molar-refractivity contribution in [2.75, 3.05) is 13.1 Å². The molecule has 1 saturated heterocycles. The van der Waals surface area contributed by atoms with Crippen LogP contribution in [0.25, 0.3) is 11.4 Å². The van der Waals surface area contributed by atoms with E-state index < -0.39 is 0 Å². The van der Waals surface area contributed by atoms with Crippen LogP contribution in [0.5, 0.6) is 11.5 Å². The highest BCUT2D eigenvalue weighted by molar-refractivity contribution is 5.82. The lowest BCUT2D eigenvalue weighted by atomic mass is 10.1. The van der Waals surface area contributed by atoms with E-state index in [1.807, 2.05) is 0 Å². The third-order valence-electron chi connectivity index (χ3n) is 3.21. The van der Waals surface area contributed by atoms with Crippen LogP contribution in [-0.2, 0) is 11.2 Å². The Labute approximate surface area is 119 Å². The van der Waals surface area contributed by atoms with Crippen LogP contribution in [0.4, 0.5) is 0 Å². The first-order valence-corrected chi connectivity index (χ1v) is 6.49. The fourth-order valence-electron chi connectivity index (χ4n) is 2.11. The molecule has 0 spiro atoms. The molecule has 1 aromatic carbocycles. The molecule has 1 atom stereocenters. The molecule has 1 aliphatic rings. The summed E-state index contributed by atoms with van der Waals surface area (Å²) in [6, 6.07) is 3.86. The average Bonchev–Trinajstić information content (AvgIpc) is 2.93. The van der Waals surface area contributed by atoms with Crippen molar-refractivity contribution >= 4 is 5.91 Å². The van der Waals surface area contributed by atoms with Crippen molar-refractivity contribution in [1.29, 1.82) is 0 Å². The van der Waals surface area contributed by atoms with E-state index in [1.54, 1.807) is 6.07 Å². The molecule has 2 aromatic rings. The molecule has 1 aliphatic heterocycles. The summed E-state index contributed by atoms with van der Waals surface area (Å²) in [5, 5.41) is 28.4. The predicted octanol–water partition coefficient (Wildman–Crippen LogP) is -0.222. The first kappa shape index (κ1) is 13.4. The zero-order chi connectivity index (χ0) is 14.8. The Morgan fingerprint density at radius 2 is 2.14 bits per heavy atom. The molecule has 1 amide bonds. The second kappa shape index (κ2) is 5.41. The number of nitrogens with one attached hydrogen (secondary N) is 2. The lowest BCUT2D eigenvalue weighted by Crippen LogP contribution is -2.53. The molecule has 1 unspecified atom stereocenters. The number of benzene rings is 1. The highest BCUT2D eigenvalue weighted by atomic mass is 16.5. The highest BCUT2D eigenvalue weighted by Crippen LogP contribution is 2.29. The van der Waals surface area contributed by atoms with Gasteiger partial charge in [-0.3, -0.25) is 4.79 Å². The normalized spacial score (nSPS) is 18.5. The van der Waals surface area contributed by atoms with Crippen LogP contribution >= 0.6 is 0 Å². The van der Waals surface area contributed by atoms with E-state index in [0.29, 0.717) is 31.0 Å². The number of carbonyl (C=O) groups excluding carboxylic acids is 1. The second-order valence-corrected chi connectivity index (χ2v) is 4.72. The number of aromatic nitrogens is 2. The number of piperazine rings is 1. The Morgan fingerprint density at radius 3 is 2.90 bits per heavy atom. The van der Waals surface area contributed by atoms with E-state index in [2.05, 4.69) is 20.8 Å².